The molecule has 1 aliphatic rings. The first-order chi connectivity index (χ1) is 13.8. The zero-order chi connectivity index (χ0) is 21.6. The lowest BCUT2D eigenvalue weighted by molar-refractivity contribution is -0.384. The Hall–Kier alpha value is -2.55. The second-order valence-corrected chi connectivity index (χ2v) is 7.41. The minimum absolute atomic E-state index is 0.131. The first kappa shape index (κ1) is 22.7. The molecule has 1 aromatic carbocycles. The van der Waals surface area contributed by atoms with Gasteiger partial charge in [-0.2, -0.15) is 0 Å². The molecule has 2 atom stereocenters. The van der Waals surface area contributed by atoms with Crippen LogP contribution in [0.25, 0.3) is 0 Å². The van der Waals surface area contributed by atoms with Gasteiger partial charge in [0.2, 0.25) is 0 Å². The SMILES string of the molecule is COC(=O)C1C(C)=NC(C)=C(C(=O)OCCCCBr)C1c1cccc([N+](=O)[O-])c1. The van der Waals surface area contributed by atoms with Crippen LogP contribution in [0.1, 0.15) is 38.2 Å². The maximum absolute atomic E-state index is 12.9. The number of esters is 2. The molecule has 156 valence electrons. The molecule has 1 heterocycles. The van der Waals surface area contributed by atoms with Gasteiger partial charge in [0.25, 0.3) is 5.69 Å². The number of non-ortho nitro benzene ring substituents is 1. The number of hydrogen-bond acceptors (Lipinski definition) is 7. The predicted molar refractivity (Wildman–Crippen MR) is 111 cm³/mol. The normalized spacial score (nSPS) is 18.8. The topological polar surface area (TPSA) is 108 Å². The summed E-state index contributed by atoms with van der Waals surface area (Å²) in [7, 11) is 1.25. The van der Waals surface area contributed by atoms with Crippen molar-refractivity contribution >= 4 is 39.3 Å². The minimum Gasteiger partial charge on any atom is -0.468 e. The molecule has 2 rings (SSSR count). The van der Waals surface area contributed by atoms with E-state index in [1.807, 2.05) is 0 Å². The Kier molecular flexibility index (Phi) is 8.07. The van der Waals surface area contributed by atoms with E-state index in [0.717, 1.165) is 11.8 Å². The second kappa shape index (κ2) is 10.3. The Morgan fingerprint density at radius 2 is 2.00 bits per heavy atom. The fourth-order valence-corrected chi connectivity index (χ4v) is 3.76. The zero-order valence-corrected chi connectivity index (χ0v) is 18.1. The molecule has 0 saturated heterocycles. The Morgan fingerprint density at radius 3 is 2.62 bits per heavy atom. The van der Waals surface area contributed by atoms with Crippen molar-refractivity contribution < 1.29 is 24.0 Å². The number of alkyl halides is 1. The number of nitro groups is 1. The lowest BCUT2D eigenvalue weighted by Gasteiger charge is -2.31. The van der Waals surface area contributed by atoms with Crippen molar-refractivity contribution in [2.45, 2.75) is 32.6 Å². The van der Waals surface area contributed by atoms with Gasteiger partial charge in [-0.05, 0) is 32.3 Å². The van der Waals surface area contributed by atoms with Gasteiger partial charge in [-0.1, -0.05) is 28.1 Å². The van der Waals surface area contributed by atoms with Gasteiger partial charge in [-0.3, -0.25) is 19.9 Å². The highest BCUT2D eigenvalue weighted by molar-refractivity contribution is 9.09. The van der Waals surface area contributed by atoms with Gasteiger partial charge >= 0.3 is 11.9 Å². The van der Waals surface area contributed by atoms with Crippen molar-refractivity contribution in [3.8, 4) is 0 Å². The van der Waals surface area contributed by atoms with Gasteiger partial charge < -0.3 is 9.47 Å². The molecule has 0 amide bonds. The van der Waals surface area contributed by atoms with Gasteiger partial charge in [0.15, 0.2) is 0 Å². The Labute approximate surface area is 177 Å². The molecule has 2 unspecified atom stereocenters. The summed E-state index contributed by atoms with van der Waals surface area (Å²) in [4.78, 5) is 40.5. The Balaban J connectivity index is 2.52. The first-order valence-electron chi connectivity index (χ1n) is 9.13. The third kappa shape index (κ3) is 5.29. The van der Waals surface area contributed by atoms with E-state index in [2.05, 4.69) is 20.9 Å². The van der Waals surface area contributed by atoms with Crippen LogP contribution in [0.15, 0.2) is 40.5 Å². The number of hydrogen-bond donors (Lipinski definition) is 0. The molecule has 0 fully saturated rings. The summed E-state index contributed by atoms with van der Waals surface area (Å²) in [5.74, 6) is -2.82. The minimum atomic E-state index is -0.879. The fourth-order valence-electron chi connectivity index (χ4n) is 3.37. The molecule has 29 heavy (non-hydrogen) atoms. The maximum atomic E-state index is 12.9. The summed E-state index contributed by atoms with van der Waals surface area (Å²) < 4.78 is 10.3. The van der Waals surface area contributed by atoms with Gasteiger partial charge in [0, 0.05) is 34.8 Å². The lowest BCUT2D eigenvalue weighted by Crippen LogP contribution is -2.36. The van der Waals surface area contributed by atoms with E-state index in [0.29, 0.717) is 23.4 Å². The molecule has 0 spiro atoms. The highest BCUT2D eigenvalue weighted by Gasteiger charge is 2.42. The number of carbonyl (C=O) groups is 2. The molecule has 0 bridgehead atoms. The largest absolute Gasteiger partial charge is 0.468 e. The molecule has 0 aromatic heterocycles. The summed E-state index contributed by atoms with van der Waals surface area (Å²) in [6, 6.07) is 5.90. The van der Waals surface area contributed by atoms with Crippen molar-refractivity contribution in [3.63, 3.8) is 0 Å². The van der Waals surface area contributed by atoms with Crippen LogP contribution in [-0.4, -0.2) is 41.6 Å². The number of unbranched alkanes of at least 4 members (excludes halogenated alkanes) is 1. The van der Waals surface area contributed by atoms with E-state index in [9.17, 15) is 19.7 Å². The number of halogens is 1. The van der Waals surface area contributed by atoms with Gasteiger partial charge in [-0.15, -0.1) is 0 Å². The lowest BCUT2D eigenvalue weighted by atomic mass is 9.75. The molecule has 0 saturated carbocycles. The van der Waals surface area contributed by atoms with Crippen molar-refractivity contribution in [1.29, 1.82) is 0 Å². The van der Waals surface area contributed by atoms with E-state index in [1.54, 1.807) is 19.9 Å². The van der Waals surface area contributed by atoms with E-state index in [4.69, 9.17) is 9.47 Å². The van der Waals surface area contributed by atoms with Crippen LogP contribution in [0.3, 0.4) is 0 Å². The summed E-state index contributed by atoms with van der Waals surface area (Å²) in [5, 5.41) is 12.0. The van der Waals surface area contributed by atoms with Crippen molar-refractivity contribution in [2.24, 2.45) is 10.9 Å². The summed E-state index contributed by atoms with van der Waals surface area (Å²) in [5.41, 5.74) is 1.43. The van der Waals surface area contributed by atoms with Crippen LogP contribution in [0.2, 0.25) is 0 Å². The average Bonchev–Trinajstić information content (AvgIpc) is 2.70. The standard InChI is InChI=1S/C20H23BrN2O6/c1-12-16(19(24)28-3)18(14-7-6-8-15(11-14)23(26)27)17(13(2)22-12)20(25)29-10-5-4-9-21/h6-8,11,16,18H,4-5,9-10H2,1-3H3. The van der Waals surface area contributed by atoms with E-state index < -0.39 is 28.7 Å². The van der Waals surface area contributed by atoms with Crippen LogP contribution >= 0.6 is 15.9 Å². The number of benzene rings is 1. The number of allylic oxidation sites excluding steroid dienone is 1. The quantitative estimate of drug-likeness (QED) is 0.189. The number of nitrogens with zero attached hydrogens (tertiary/aromatic N) is 2. The highest BCUT2D eigenvalue weighted by atomic mass is 79.9. The molecule has 0 radical (unpaired) electrons. The van der Waals surface area contributed by atoms with Gasteiger partial charge in [0.05, 0.1) is 24.2 Å². The molecule has 0 N–H and O–H groups in total. The number of methoxy groups -OCH3 is 1. The van der Waals surface area contributed by atoms with Crippen LogP contribution < -0.4 is 0 Å². The first-order valence-corrected chi connectivity index (χ1v) is 10.2. The van der Waals surface area contributed by atoms with E-state index in [-0.39, 0.29) is 17.9 Å². The van der Waals surface area contributed by atoms with E-state index in [1.165, 1.54) is 25.3 Å². The third-order valence-electron chi connectivity index (χ3n) is 4.70. The second-order valence-electron chi connectivity index (χ2n) is 6.61. The molecule has 1 aliphatic heterocycles. The Bertz CT molecular complexity index is 864. The third-order valence-corrected chi connectivity index (χ3v) is 5.27. The Morgan fingerprint density at radius 1 is 1.28 bits per heavy atom. The van der Waals surface area contributed by atoms with Crippen LogP contribution in [-0.2, 0) is 19.1 Å². The fraction of sp³-hybridized carbons (Fsp3) is 0.450. The van der Waals surface area contributed by atoms with E-state index >= 15 is 0 Å². The van der Waals surface area contributed by atoms with Crippen molar-refractivity contribution in [3.05, 3.63) is 51.2 Å². The molecular weight excluding hydrogens is 444 g/mol. The number of rotatable bonds is 8. The van der Waals surface area contributed by atoms with Crippen LogP contribution in [0.4, 0.5) is 5.69 Å². The number of nitro benzene ring substituents is 1. The smallest absolute Gasteiger partial charge is 0.336 e. The summed E-state index contributed by atoms with van der Waals surface area (Å²) in [6.07, 6.45) is 1.54. The molecule has 0 aliphatic carbocycles. The molecule has 1 aromatic rings. The number of aliphatic imine (C=N–C) groups is 1. The van der Waals surface area contributed by atoms with Crippen molar-refractivity contribution in [2.75, 3.05) is 19.0 Å². The van der Waals surface area contributed by atoms with Crippen LogP contribution in [0, 0.1) is 16.0 Å². The predicted octanol–water partition coefficient (Wildman–Crippen LogP) is 3.93. The molecule has 9 heteroatoms. The van der Waals surface area contributed by atoms with Gasteiger partial charge in [0.1, 0.15) is 5.92 Å². The number of ether oxygens (including phenoxy) is 2. The van der Waals surface area contributed by atoms with Crippen LogP contribution in [0.5, 0.6) is 0 Å². The molecular formula is C20H23BrN2O6. The maximum Gasteiger partial charge on any atom is 0.336 e. The number of carbonyl (C=O) groups excluding carboxylic acids is 2. The summed E-state index contributed by atoms with van der Waals surface area (Å²) >= 11 is 3.33. The molecule has 8 nitrogen and oxygen atoms in total. The monoisotopic (exact) mass is 466 g/mol. The van der Waals surface area contributed by atoms with Gasteiger partial charge in [-0.25, -0.2) is 4.79 Å². The average molecular weight is 467 g/mol. The highest BCUT2D eigenvalue weighted by Crippen LogP contribution is 2.40. The zero-order valence-electron chi connectivity index (χ0n) is 16.5. The van der Waals surface area contributed by atoms with Crippen molar-refractivity contribution in [1.82, 2.24) is 0 Å². The summed E-state index contributed by atoms with van der Waals surface area (Å²) in [6.45, 7) is 3.57.